The molecule has 19 heavy (non-hydrogen) atoms. The van der Waals surface area contributed by atoms with Crippen molar-refractivity contribution < 1.29 is 9.13 Å². The quantitative estimate of drug-likeness (QED) is 0.550. The molecule has 2 rings (SSSR count). The standard InChI is InChI=1S/C16H15ClFO/c17-10-1-2-11-19-16-5-3-4-14(12-16)13-6-8-15(18)9-7-13/h4-9,12H,1-2,10-11H2. The molecule has 99 valence electrons. The van der Waals surface area contributed by atoms with Gasteiger partial charge in [0.1, 0.15) is 11.6 Å². The lowest BCUT2D eigenvalue weighted by Crippen LogP contribution is -1.97. The molecule has 1 radical (unpaired) electrons. The van der Waals surface area contributed by atoms with Crippen molar-refractivity contribution in [3.05, 3.63) is 54.3 Å². The number of rotatable bonds is 6. The minimum absolute atomic E-state index is 0.235. The zero-order valence-corrected chi connectivity index (χ0v) is 11.3. The van der Waals surface area contributed by atoms with E-state index in [0.29, 0.717) is 12.5 Å². The summed E-state index contributed by atoms with van der Waals surface area (Å²) in [6, 6.07) is 15.0. The van der Waals surface area contributed by atoms with Crippen molar-refractivity contribution >= 4 is 11.6 Å². The summed E-state index contributed by atoms with van der Waals surface area (Å²) in [6.07, 6.45) is 1.88. The Kier molecular flexibility index (Phi) is 5.22. The molecule has 0 aromatic heterocycles. The van der Waals surface area contributed by atoms with E-state index in [-0.39, 0.29) is 5.82 Å². The van der Waals surface area contributed by atoms with Gasteiger partial charge in [0.05, 0.1) is 6.61 Å². The monoisotopic (exact) mass is 277 g/mol. The molecule has 0 saturated heterocycles. The van der Waals surface area contributed by atoms with Gasteiger partial charge in [-0.25, -0.2) is 4.39 Å². The van der Waals surface area contributed by atoms with Gasteiger partial charge in [0.25, 0.3) is 0 Å². The van der Waals surface area contributed by atoms with E-state index in [4.69, 9.17) is 16.3 Å². The second-order valence-corrected chi connectivity index (χ2v) is 4.59. The van der Waals surface area contributed by atoms with Crippen LogP contribution in [0.3, 0.4) is 0 Å². The first-order chi connectivity index (χ1) is 9.29. The number of hydrogen-bond donors (Lipinski definition) is 0. The number of benzene rings is 2. The second-order valence-electron chi connectivity index (χ2n) is 4.21. The molecule has 0 aliphatic carbocycles. The Bertz CT molecular complexity index is 510. The molecule has 2 aromatic rings. The molecule has 0 aliphatic heterocycles. The fourth-order valence-corrected chi connectivity index (χ4v) is 1.92. The SMILES string of the molecule is Fc1ccc(-c2c[c]cc(OCCCCCl)c2)cc1. The van der Waals surface area contributed by atoms with Gasteiger partial charge in [0.15, 0.2) is 0 Å². The molecule has 1 nitrogen and oxygen atoms in total. The number of ether oxygens (including phenoxy) is 1. The van der Waals surface area contributed by atoms with Crippen molar-refractivity contribution in [1.82, 2.24) is 0 Å². The third-order valence-electron chi connectivity index (χ3n) is 2.74. The van der Waals surface area contributed by atoms with E-state index in [1.165, 1.54) is 12.1 Å². The maximum Gasteiger partial charge on any atom is 0.123 e. The van der Waals surface area contributed by atoms with Gasteiger partial charge >= 0.3 is 0 Å². The first-order valence-corrected chi connectivity index (χ1v) is 6.79. The van der Waals surface area contributed by atoms with Gasteiger partial charge in [0.2, 0.25) is 0 Å². The normalized spacial score (nSPS) is 10.4. The zero-order valence-electron chi connectivity index (χ0n) is 10.5. The van der Waals surface area contributed by atoms with E-state index in [1.807, 2.05) is 12.1 Å². The van der Waals surface area contributed by atoms with Crippen LogP contribution in [0.1, 0.15) is 12.8 Å². The van der Waals surface area contributed by atoms with Crippen molar-refractivity contribution in [3.63, 3.8) is 0 Å². The average molecular weight is 278 g/mol. The Hall–Kier alpha value is -1.54. The van der Waals surface area contributed by atoms with Crippen molar-refractivity contribution in [1.29, 1.82) is 0 Å². The predicted octanol–water partition coefficient (Wildman–Crippen LogP) is 4.69. The Balaban J connectivity index is 2.04. The largest absolute Gasteiger partial charge is 0.494 e. The van der Waals surface area contributed by atoms with Crippen LogP contribution in [0.4, 0.5) is 4.39 Å². The van der Waals surface area contributed by atoms with E-state index < -0.39 is 0 Å². The highest BCUT2D eigenvalue weighted by atomic mass is 35.5. The topological polar surface area (TPSA) is 9.23 Å². The number of alkyl halides is 1. The lowest BCUT2D eigenvalue weighted by molar-refractivity contribution is 0.310. The van der Waals surface area contributed by atoms with Crippen LogP contribution in [0, 0.1) is 11.9 Å². The summed E-state index contributed by atoms with van der Waals surface area (Å²) >= 11 is 5.61. The highest BCUT2D eigenvalue weighted by molar-refractivity contribution is 6.17. The van der Waals surface area contributed by atoms with Gasteiger partial charge in [0, 0.05) is 5.88 Å². The Labute approximate surface area is 118 Å². The van der Waals surface area contributed by atoms with Crippen LogP contribution in [0.5, 0.6) is 5.75 Å². The lowest BCUT2D eigenvalue weighted by Gasteiger charge is -2.07. The molecular formula is C16H15ClFO. The smallest absolute Gasteiger partial charge is 0.123 e. The summed E-state index contributed by atoms with van der Waals surface area (Å²) in [4.78, 5) is 0. The lowest BCUT2D eigenvalue weighted by atomic mass is 10.1. The highest BCUT2D eigenvalue weighted by Crippen LogP contribution is 2.23. The summed E-state index contributed by atoms with van der Waals surface area (Å²) in [5, 5.41) is 0. The number of unbranched alkanes of at least 4 members (excludes halogenated alkanes) is 1. The molecule has 0 atom stereocenters. The fourth-order valence-electron chi connectivity index (χ4n) is 1.73. The van der Waals surface area contributed by atoms with Crippen LogP contribution in [0.15, 0.2) is 42.5 Å². The minimum Gasteiger partial charge on any atom is -0.494 e. The molecule has 0 bridgehead atoms. The van der Waals surface area contributed by atoms with E-state index in [1.54, 1.807) is 18.2 Å². The summed E-state index contributed by atoms with van der Waals surface area (Å²) in [7, 11) is 0. The average Bonchev–Trinajstić information content (AvgIpc) is 2.45. The molecule has 0 unspecified atom stereocenters. The third kappa shape index (κ3) is 4.25. The molecule has 0 fully saturated rings. The van der Waals surface area contributed by atoms with E-state index >= 15 is 0 Å². The first-order valence-electron chi connectivity index (χ1n) is 6.25. The molecule has 0 N–H and O–H groups in total. The van der Waals surface area contributed by atoms with E-state index in [0.717, 1.165) is 29.7 Å². The molecule has 0 amide bonds. The number of halogens is 2. The summed E-state index contributed by atoms with van der Waals surface area (Å²) < 4.78 is 18.5. The predicted molar refractivity (Wildman–Crippen MR) is 76.1 cm³/mol. The van der Waals surface area contributed by atoms with Gasteiger partial charge < -0.3 is 4.74 Å². The van der Waals surface area contributed by atoms with Crippen molar-refractivity contribution in [2.24, 2.45) is 0 Å². The molecule has 0 saturated carbocycles. The molecule has 2 aromatic carbocycles. The maximum absolute atomic E-state index is 12.9. The first kappa shape index (κ1) is 13.9. The van der Waals surface area contributed by atoms with Crippen LogP contribution >= 0.6 is 11.6 Å². The van der Waals surface area contributed by atoms with Crippen molar-refractivity contribution in [3.8, 4) is 16.9 Å². The van der Waals surface area contributed by atoms with Crippen LogP contribution in [0.2, 0.25) is 0 Å². The van der Waals surface area contributed by atoms with Crippen LogP contribution in [-0.2, 0) is 0 Å². The molecule has 0 aliphatic rings. The van der Waals surface area contributed by atoms with Crippen LogP contribution < -0.4 is 4.74 Å². The Morgan fingerprint density at radius 1 is 1.05 bits per heavy atom. The third-order valence-corrected chi connectivity index (χ3v) is 3.00. The summed E-state index contributed by atoms with van der Waals surface area (Å²) in [5.74, 6) is 1.20. The maximum atomic E-state index is 12.9. The fraction of sp³-hybridized carbons (Fsp3) is 0.250. The second kappa shape index (κ2) is 7.15. The van der Waals surface area contributed by atoms with E-state index in [2.05, 4.69) is 6.07 Å². The van der Waals surface area contributed by atoms with Crippen LogP contribution in [-0.4, -0.2) is 12.5 Å². The molecule has 0 heterocycles. The zero-order chi connectivity index (χ0) is 13.5. The summed E-state index contributed by atoms with van der Waals surface area (Å²) in [6.45, 7) is 0.646. The van der Waals surface area contributed by atoms with Gasteiger partial charge in [-0.15, -0.1) is 11.6 Å². The molecular weight excluding hydrogens is 263 g/mol. The Morgan fingerprint density at radius 2 is 1.84 bits per heavy atom. The highest BCUT2D eigenvalue weighted by Gasteiger charge is 2.01. The van der Waals surface area contributed by atoms with Crippen molar-refractivity contribution in [2.45, 2.75) is 12.8 Å². The van der Waals surface area contributed by atoms with Crippen molar-refractivity contribution in [2.75, 3.05) is 12.5 Å². The van der Waals surface area contributed by atoms with Gasteiger partial charge in [-0.3, -0.25) is 0 Å². The van der Waals surface area contributed by atoms with Gasteiger partial charge in [-0.05, 0) is 60.4 Å². The summed E-state index contributed by atoms with van der Waals surface area (Å²) in [5.41, 5.74) is 1.92. The Morgan fingerprint density at radius 3 is 2.58 bits per heavy atom. The van der Waals surface area contributed by atoms with E-state index in [9.17, 15) is 4.39 Å². The van der Waals surface area contributed by atoms with Gasteiger partial charge in [-0.2, -0.15) is 0 Å². The van der Waals surface area contributed by atoms with Gasteiger partial charge in [-0.1, -0.05) is 12.1 Å². The minimum atomic E-state index is -0.235. The molecule has 0 spiro atoms. The van der Waals surface area contributed by atoms with Crippen LogP contribution in [0.25, 0.3) is 11.1 Å². The number of hydrogen-bond acceptors (Lipinski definition) is 1. The molecule has 3 heteroatoms.